The Morgan fingerprint density at radius 2 is 1.76 bits per heavy atom. The van der Waals surface area contributed by atoms with E-state index < -0.39 is 17.8 Å². The number of nitrogens with zero attached hydrogens (tertiary/aromatic N) is 1. The Kier molecular flexibility index (Phi) is 4.63. The van der Waals surface area contributed by atoms with E-state index in [4.69, 9.17) is 0 Å². The number of benzene rings is 1. The lowest BCUT2D eigenvalue weighted by Gasteiger charge is -2.12. The molecule has 2 rings (SSSR count). The lowest BCUT2D eigenvalue weighted by molar-refractivity contribution is -0.137. The summed E-state index contributed by atoms with van der Waals surface area (Å²) >= 11 is 0. The van der Waals surface area contributed by atoms with Crippen molar-refractivity contribution < 1.29 is 18.3 Å². The van der Waals surface area contributed by atoms with Crippen molar-refractivity contribution in [2.75, 3.05) is 0 Å². The first kappa shape index (κ1) is 15.5. The Bertz CT molecular complexity index is 576. The van der Waals surface area contributed by atoms with Crippen molar-refractivity contribution in [2.24, 2.45) is 0 Å². The third-order valence-corrected chi connectivity index (χ3v) is 3.32. The van der Waals surface area contributed by atoms with Gasteiger partial charge in [0, 0.05) is 18.3 Å². The lowest BCUT2D eigenvalue weighted by Crippen LogP contribution is -2.07. The minimum absolute atomic E-state index is 0.273. The first-order chi connectivity index (χ1) is 9.90. The molecule has 0 saturated carbocycles. The quantitative estimate of drug-likeness (QED) is 0.926. The maximum absolute atomic E-state index is 12.5. The first-order valence-electron chi connectivity index (χ1n) is 6.69. The van der Waals surface area contributed by atoms with Crippen molar-refractivity contribution in [1.82, 2.24) is 4.98 Å². The molecule has 0 spiro atoms. The van der Waals surface area contributed by atoms with Crippen LogP contribution in [0.15, 0.2) is 42.6 Å². The number of rotatable bonds is 4. The molecule has 1 aromatic heterocycles. The van der Waals surface area contributed by atoms with Crippen LogP contribution in [0.3, 0.4) is 0 Å². The summed E-state index contributed by atoms with van der Waals surface area (Å²) in [5.74, 6) is 0. The number of aromatic nitrogens is 1. The SMILES string of the molecule is CCc1ccc(CC(O)c2ccc(C(F)(F)F)cc2)nc1. The molecule has 1 aromatic carbocycles. The van der Waals surface area contributed by atoms with Crippen LogP contribution in [0.25, 0.3) is 0 Å². The van der Waals surface area contributed by atoms with Gasteiger partial charge in [0.1, 0.15) is 0 Å². The summed E-state index contributed by atoms with van der Waals surface area (Å²) in [7, 11) is 0. The Morgan fingerprint density at radius 3 is 2.24 bits per heavy atom. The van der Waals surface area contributed by atoms with Gasteiger partial charge < -0.3 is 5.11 Å². The molecule has 0 bridgehead atoms. The van der Waals surface area contributed by atoms with Gasteiger partial charge in [-0.05, 0) is 35.7 Å². The van der Waals surface area contributed by atoms with Gasteiger partial charge in [-0.1, -0.05) is 25.1 Å². The lowest BCUT2D eigenvalue weighted by atomic mass is 10.0. The van der Waals surface area contributed by atoms with Crippen LogP contribution in [0.5, 0.6) is 0 Å². The largest absolute Gasteiger partial charge is 0.416 e. The molecule has 1 N–H and O–H groups in total. The van der Waals surface area contributed by atoms with Crippen LogP contribution in [0.4, 0.5) is 13.2 Å². The summed E-state index contributed by atoms with van der Waals surface area (Å²) in [6.07, 6.45) is -2.33. The molecule has 5 heteroatoms. The zero-order valence-electron chi connectivity index (χ0n) is 11.6. The van der Waals surface area contributed by atoms with Gasteiger partial charge in [-0.2, -0.15) is 13.2 Å². The third-order valence-electron chi connectivity index (χ3n) is 3.32. The van der Waals surface area contributed by atoms with E-state index in [2.05, 4.69) is 4.98 Å². The minimum atomic E-state index is -4.36. The summed E-state index contributed by atoms with van der Waals surface area (Å²) in [5.41, 5.74) is 1.54. The molecule has 0 amide bonds. The standard InChI is InChI=1S/C16H16F3NO/c1-2-11-3-8-14(20-10-11)9-15(21)12-4-6-13(7-5-12)16(17,18)19/h3-8,10,15,21H,2,9H2,1H3. The summed E-state index contributed by atoms with van der Waals surface area (Å²) in [6.45, 7) is 2.02. The van der Waals surface area contributed by atoms with E-state index in [0.29, 0.717) is 11.3 Å². The van der Waals surface area contributed by atoms with Crippen molar-refractivity contribution in [1.29, 1.82) is 0 Å². The van der Waals surface area contributed by atoms with Crippen molar-refractivity contribution in [3.8, 4) is 0 Å². The number of halogens is 3. The zero-order valence-corrected chi connectivity index (χ0v) is 11.6. The molecule has 0 aliphatic rings. The maximum Gasteiger partial charge on any atom is 0.416 e. The van der Waals surface area contributed by atoms with Gasteiger partial charge in [0.05, 0.1) is 11.7 Å². The van der Waals surface area contributed by atoms with Crippen LogP contribution in [-0.4, -0.2) is 10.1 Å². The second-order valence-corrected chi connectivity index (χ2v) is 4.85. The smallest absolute Gasteiger partial charge is 0.388 e. The molecule has 1 atom stereocenters. The van der Waals surface area contributed by atoms with Gasteiger partial charge in [-0.25, -0.2) is 0 Å². The summed E-state index contributed by atoms with van der Waals surface area (Å²) in [4.78, 5) is 4.23. The Labute approximate surface area is 121 Å². The predicted octanol–water partition coefficient (Wildman–Crippen LogP) is 3.94. The van der Waals surface area contributed by atoms with E-state index in [-0.39, 0.29) is 6.42 Å². The normalized spacial score (nSPS) is 13.2. The van der Waals surface area contributed by atoms with E-state index in [1.165, 1.54) is 12.1 Å². The van der Waals surface area contributed by atoms with Crippen LogP contribution >= 0.6 is 0 Å². The Balaban J connectivity index is 2.07. The van der Waals surface area contributed by atoms with Gasteiger partial charge in [-0.15, -0.1) is 0 Å². The number of hydrogen-bond acceptors (Lipinski definition) is 2. The highest BCUT2D eigenvalue weighted by atomic mass is 19.4. The molecule has 0 aliphatic carbocycles. The molecule has 112 valence electrons. The van der Waals surface area contributed by atoms with Crippen molar-refractivity contribution in [3.63, 3.8) is 0 Å². The van der Waals surface area contributed by atoms with Gasteiger partial charge >= 0.3 is 6.18 Å². The van der Waals surface area contributed by atoms with E-state index in [9.17, 15) is 18.3 Å². The second kappa shape index (κ2) is 6.26. The fraction of sp³-hybridized carbons (Fsp3) is 0.312. The number of aliphatic hydroxyl groups is 1. The highest BCUT2D eigenvalue weighted by Crippen LogP contribution is 2.30. The highest BCUT2D eigenvalue weighted by Gasteiger charge is 2.30. The average molecular weight is 295 g/mol. The van der Waals surface area contributed by atoms with Crippen LogP contribution in [0, 0.1) is 0 Å². The van der Waals surface area contributed by atoms with Crippen molar-refractivity contribution >= 4 is 0 Å². The molecule has 0 fully saturated rings. The summed E-state index contributed by atoms with van der Waals surface area (Å²) < 4.78 is 37.4. The fourth-order valence-corrected chi connectivity index (χ4v) is 2.00. The third kappa shape index (κ3) is 4.04. The summed E-state index contributed by atoms with van der Waals surface area (Å²) in [6, 6.07) is 8.31. The van der Waals surface area contributed by atoms with Crippen LogP contribution in [-0.2, 0) is 19.0 Å². The van der Waals surface area contributed by atoms with Gasteiger partial charge in [0.25, 0.3) is 0 Å². The molecule has 21 heavy (non-hydrogen) atoms. The zero-order chi connectivity index (χ0) is 15.5. The van der Waals surface area contributed by atoms with Crippen molar-refractivity contribution in [2.45, 2.75) is 32.0 Å². The number of aryl methyl sites for hydroxylation is 1. The molecule has 2 aromatic rings. The predicted molar refractivity (Wildman–Crippen MR) is 73.7 cm³/mol. The molecule has 1 unspecified atom stereocenters. The maximum atomic E-state index is 12.5. The molecule has 1 heterocycles. The molecule has 2 nitrogen and oxygen atoms in total. The van der Waals surface area contributed by atoms with Crippen LogP contribution < -0.4 is 0 Å². The van der Waals surface area contributed by atoms with Crippen LogP contribution in [0.2, 0.25) is 0 Å². The fourth-order valence-electron chi connectivity index (χ4n) is 2.00. The Morgan fingerprint density at radius 1 is 1.10 bits per heavy atom. The molecule has 0 aliphatic heterocycles. The average Bonchev–Trinajstić information content (AvgIpc) is 2.47. The van der Waals surface area contributed by atoms with Gasteiger partial charge in [0.15, 0.2) is 0 Å². The van der Waals surface area contributed by atoms with Gasteiger partial charge in [-0.3, -0.25) is 4.98 Å². The Hall–Kier alpha value is -1.88. The number of alkyl halides is 3. The van der Waals surface area contributed by atoms with Crippen LogP contribution in [0.1, 0.15) is 35.4 Å². The molecular formula is C16H16F3NO. The topological polar surface area (TPSA) is 33.1 Å². The van der Waals surface area contributed by atoms with E-state index in [1.54, 1.807) is 6.20 Å². The molecular weight excluding hydrogens is 279 g/mol. The monoisotopic (exact) mass is 295 g/mol. The molecule has 0 saturated heterocycles. The van der Waals surface area contributed by atoms with E-state index in [0.717, 1.165) is 24.1 Å². The van der Waals surface area contributed by atoms with Gasteiger partial charge in [0.2, 0.25) is 0 Å². The van der Waals surface area contributed by atoms with E-state index in [1.807, 2.05) is 19.1 Å². The van der Waals surface area contributed by atoms with E-state index >= 15 is 0 Å². The molecule has 0 radical (unpaired) electrons. The summed E-state index contributed by atoms with van der Waals surface area (Å²) in [5, 5.41) is 10.1. The van der Waals surface area contributed by atoms with Crippen molar-refractivity contribution in [3.05, 3.63) is 65.0 Å². The number of hydrogen-bond donors (Lipinski definition) is 1. The second-order valence-electron chi connectivity index (χ2n) is 4.85. The number of pyridine rings is 1. The first-order valence-corrected chi connectivity index (χ1v) is 6.69. The minimum Gasteiger partial charge on any atom is -0.388 e. The number of aliphatic hydroxyl groups excluding tert-OH is 1. The highest BCUT2D eigenvalue weighted by molar-refractivity contribution is 5.27.